The predicted octanol–water partition coefficient (Wildman–Crippen LogP) is 12.1. The Labute approximate surface area is 365 Å². The van der Waals surface area contributed by atoms with E-state index in [0.29, 0.717) is 11.4 Å². The van der Waals surface area contributed by atoms with Crippen molar-refractivity contribution in [2.75, 3.05) is 0 Å². The molecular weight excluding hydrogens is 789 g/mol. The molecule has 0 unspecified atom stereocenters. The molecule has 4 aromatic heterocycles. The van der Waals surface area contributed by atoms with E-state index in [2.05, 4.69) is 130 Å². The van der Waals surface area contributed by atoms with Crippen molar-refractivity contribution >= 4 is 65.7 Å². The van der Waals surface area contributed by atoms with Crippen molar-refractivity contribution < 1.29 is 0 Å². The van der Waals surface area contributed by atoms with E-state index >= 15 is 0 Å². The van der Waals surface area contributed by atoms with Crippen LogP contribution in [-0.2, 0) is 0 Å². The topological polar surface area (TPSA) is 63.7 Å². The lowest BCUT2D eigenvalue weighted by atomic mass is 10.2. The molecule has 8 heteroatoms. The van der Waals surface area contributed by atoms with Crippen molar-refractivity contribution in [1.82, 2.24) is 27.4 Å². The van der Waals surface area contributed by atoms with Gasteiger partial charge in [0, 0.05) is 32.9 Å². The molecule has 4 heterocycles. The molecule has 0 saturated heterocycles. The molecule has 9 aromatic carbocycles. The lowest BCUT2D eigenvalue weighted by molar-refractivity contribution is 0.918. The summed E-state index contributed by atoms with van der Waals surface area (Å²) in [4.78, 5) is 29.5. The van der Waals surface area contributed by atoms with E-state index in [1.165, 1.54) is 21.5 Å². The van der Waals surface area contributed by atoms with Crippen LogP contribution in [0.5, 0.6) is 0 Å². The first-order chi connectivity index (χ1) is 31.6. The van der Waals surface area contributed by atoms with Crippen molar-refractivity contribution in [3.63, 3.8) is 0 Å². The lowest BCUT2D eigenvalue weighted by Crippen LogP contribution is -2.23. The Bertz CT molecular complexity index is 3760. The number of rotatable bonds is 6. The quantitative estimate of drug-likeness (QED) is 0.168. The van der Waals surface area contributed by atoms with Crippen LogP contribution in [0.25, 0.3) is 99.8 Å². The fourth-order valence-corrected chi connectivity index (χ4v) is 9.99. The van der Waals surface area contributed by atoms with Gasteiger partial charge in [0.1, 0.15) is 0 Å². The van der Waals surface area contributed by atoms with E-state index in [4.69, 9.17) is 0 Å². The lowest BCUT2D eigenvalue weighted by Gasteiger charge is -2.11. The van der Waals surface area contributed by atoms with E-state index in [-0.39, 0.29) is 11.4 Å². The largest absolute Gasteiger partial charge is 0.338 e. The van der Waals surface area contributed by atoms with Crippen LogP contribution >= 0.6 is 0 Å². The van der Waals surface area contributed by atoms with Crippen LogP contribution in [0, 0.1) is 0 Å². The number of aromatic nitrogens is 6. The number of benzene rings is 9. The maximum Gasteiger partial charge on any atom is 0.338 e. The minimum Gasteiger partial charge on any atom is -0.309 e. The molecule has 0 bridgehead atoms. The van der Waals surface area contributed by atoms with Crippen LogP contribution in [0.15, 0.2) is 228 Å². The Balaban J connectivity index is 0.916. The molecule has 13 rings (SSSR count). The molecule has 8 nitrogen and oxygen atoms in total. The summed E-state index contributed by atoms with van der Waals surface area (Å²) in [7, 11) is 0. The van der Waals surface area contributed by atoms with Crippen molar-refractivity contribution in [2.45, 2.75) is 0 Å². The Morgan fingerprint density at radius 2 is 0.438 bits per heavy atom. The number of para-hydroxylation sites is 8. The molecule has 13 aromatic rings. The number of nitrogens with zero attached hydrogens (tertiary/aromatic N) is 6. The molecule has 0 amide bonds. The van der Waals surface area contributed by atoms with Gasteiger partial charge >= 0.3 is 11.4 Å². The molecule has 0 aliphatic carbocycles. The highest BCUT2D eigenvalue weighted by molar-refractivity contribution is 6.10. The average molecular weight is 825 g/mol. The summed E-state index contributed by atoms with van der Waals surface area (Å²) in [6.07, 6.45) is 0. The zero-order chi connectivity index (χ0) is 42.5. The third kappa shape index (κ3) is 5.17. The van der Waals surface area contributed by atoms with Crippen molar-refractivity contribution in [1.29, 1.82) is 0 Å². The van der Waals surface area contributed by atoms with Crippen LogP contribution in [0.3, 0.4) is 0 Å². The van der Waals surface area contributed by atoms with Crippen molar-refractivity contribution in [3.8, 4) is 34.1 Å². The van der Waals surface area contributed by atoms with Crippen LogP contribution in [-0.4, -0.2) is 27.4 Å². The fourth-order valence-electron chi connectivity index (χ4n) is 9.99. The summed E-state index contributed by atoms with van der Waals surface area (Å²) >= 11 is 0. The molecule has 302 valence electrons. The standard InChI is InChI=1S/C56H36N6O2/c63-55-59(51-27-9-11-29-53(51)61(55)41-17-13-15-39(35-41)57-47-23-5-1-19-43(47)44-20-2-6-24-48(44)57)37-31-33-38(34-32-37)60-52-28-10-12-30-54(52)62(56(60)64)42-18-14-16-40(36-42)58-49-25-7-3-21-45(49)46-22-4-8-26-50(46)58/h1-36H. The summed E-state index contributed by atoms with van der Waals surface area (Å²) in [5, 5.41) is 4.71. The number of hydrogen-bond donors (Lipinski definition) is 0. The smallest absolute Gasteiger partial charge is 0.309 e. The zero-order valence-electron chi connectivity index (χ0n) is 34.3. The summed E-state index contributed by atoms with van der Waals surface area (Å²) in [5.41, 5.74) is 12.0. The molecule has 0 fully saturated rings. The summed E-state index contributed by atoms with van der Waals surface area (Å²) < 4.78 is 11.6. The summed E-state index contributed by atoms with van der Waals surface area (Å²) in [6.45, 7) is 0. The molecule has 0 aliphatic rings. The van der Waals surface area contributed by atoms with Gasteiger partial charge in [0.05, 0.1) is 66.9 Å². The monoisotopic (exact) mass is 824 g/mol. The van der Waals surface area contributed by atoms with E-state index in [1.807, 2.05) is 97.1 Å². The maximum absolute atomic E-state index is 14.8. The second kappa shape index (κ2) is 13.8. The first-order valence-electron chi connectivity index (χ1n) is 21.4. The molecule has 0 N–H and O–H groups in total. The van der Waals surface area contributed by atoms with E-state index < -0.39 is 0 Å². The van der Waals surface area contributed by atoms with Crippen molar-refractivity contribution in [3.05, 3.63) is 239 Å². The van der Waals surface area contributed by atoms with Gasteiger partial charge in [-0.15, -0.1) is 0 Å². The molecular formula is C56H36N6O2. The van der Waals surface area contributed by atoms with Gasteiger partial charge in [0.2, 0.25) is 0 Å². The Morgan fingerprint density at radius 3 is 0.734 bits per heavy atom. The molecule has 0 aliphatic heterocycles. The van der Waals surface area contributed by atoms with Crippen LogP contribution in [0.1, 0.15) is 0 Å². The first-order valence-corrected chi connectivity index (χ1v) is 21.4. The Morgan fingerprint density at radius 1 is 0.203 bits per heavy atom. The molecule has 64 heavy (non-hydrogen) atoms. The van der Waals surface area contributed by atoms with Gasteiger partial charge < -0.3 is 9.13 Å². The van der Waals surface area contributed by atoms with E-state index in [9.17, 15) is 9.59 Å². The van der Waals surface area contributed by atoms with Gasteiger partial charge in [-0.3, -0.25) is 18.3 Å². The third-order valence-corrected chi connectivity index (χ3v) is 12.7. The molecule has 0 atom stereocenters. The van der Waals surface area contributed by atoms with Gasteiger partial charge in [0.25, 0.3) is 0 Å². The number of fused-ring (bicyclic) bond motifs is 8. The average Bonchev–Trinajstić information content (AvgIpc) is 4.05. The minimum atomic E-state index is -0.190. The third-order valence-electron chi connectivity index (χ3n) is 12.7. The number of imidazole rings is 2. The summed E-state index contributed by atoms with van der Waals surface area (Å²) in [6, 6.07) is 73.5. The maximum atomic E-state index is 14.8. The SMILES string of the molecule is O=c1n(-c2ccc(-n3c(=O)n(-c4cccc(-n5c6ccccc6c6ccccc65)c4)c4ccccc43)cc2)c2ccccc2n1-c1cccc(-n2c3ccccc3c3ccccc32)c1. The van der Waals surface area contributed by atoms with Gasteiger partial charge in [-0.25, -0.2) is 9.59 Å². The zero-order valence-corrected chi connectivity index (χ0v) is 34.3. The second-order valence-corrected chi connectivity index (χ2v) is 16.2. The predicted molar refractivity (Wildman–Crippen MR) is 260 cm³/mol. The highest BCUT2D eigenvalue weighted by Crippen LogP contribution is 2.35. The minimum absolute atomic E-state index is 0.190. The second-order valence-electron chi connectivity index (χ2n) is 16.2. The molecule has 0 spiro atoms. The van der Waals surface area contributed by atoms with E-state index in [0.717, 1.165) is 66.9 Å². The highest BCUT2D eigenvalue weighted by Gasteiger charge is 2.21. The first kappa shape index (κ1) is 35.8. The number of hydrogen-bond acceptors (Lipinski definition) is 2. The van der Waals surface area contributed by atoms with E-state index in [1.54, 1.807) is 18.3 Å². The Kier molecular flexibility index (Phi) is 7.74. The van der Waals surface area contributed by atoms with Gasteiger partial charge in [0.15, 0.2) is 0 Å². The highest BCUT2D eigenvalue weighted by atomic mass is 16.2. The molecule has 0 saturated carbocycles. The van der Waals surface area contributed by atoms with Crippen LogP contribution in [0.2, 0.25) is 0 Å². The van der Waals surface area contributed by atoms with Gasteiger partial charge in [-0.05, 0) is 109 Å². The van der Waals surface area contributed by atoms with Crippen LogP contribution < -0.4 is 11.4 Å². The van der Waals surface area contributed by atoms with Crippen LogP contribution in [0.4, 0.5) is 0 Å². The van der Waals surface area contributed by atoms with Gasteiger partial charge in [-0.2, -0.15) is 0 Å². The molecule has 0 radical (unpaired) electrons. The van der Waals surface area contributed by atoms with Gasteiger partial charge in [-0.1, -0.05) is 109 Å². The fraction of sp³-hybridized carbons (Fsp3) is 0. The van der Waals surface area contributed by atoms with Crippen molar-refractivity contribution in [2.24, 2.45) is 0 Å². The Hall–Kier alpha value is -8.88. The summed E-state index contributed by atoms with van der Waals surface area (Å²) in [5.74, 6) is 0. The normalized spacial score (nSPS) is 11.9.